The third kappa shape index (κ3) is 2.17. The van der Waals surface area contributed by atoms with E-state index in [0.717, 1.165) is 19.4 Å². The summed E-state index contributed by atoms with van der Waals surface area (Å²) >= 11 is 0. The maximum absolute atomic E-state index is 9.24. The van der Waals surface area contributed by atoms with Crippen LogP contribution in [0.3, 0.4) is 0 Å². The maximum atomic E-state index is 9.24. The van der Waals surface area contributed by atoms with Gasteiger partial charge in [0.05, 0.1) is 6.61 Å². The first-order valence-electron chi connectivity index (χ1n) is 4.49. The number of aliphatic hydroxyl groups is 1. The van der Waals surface area contributed by atoms with Crippen LogP contribution in [0.15, 0.2) is 0 Å². The Morgan fingerprint density at radius 1 is 1.18 bits per heavy atom. The predicted molar refractivity (Wildman–Crippen MR) is 48.7 cm³/mol. The topological polar surface area (TPSA) is 23.5 Å². The highest BCUT2D eigenvalue weighted by Gasteiger charge is 2.28. The Balaban J connectivity index is 4.26. The average molecular weight is 159 g/mol. The second kappa shape index (κ2) is 4.73. The number of aliphatic hydroxyl groups excluding tert-OH is 1. The van der Waals surface area contributed by atoms with Crippen molar-refractivity contribution < 1.29 is 5.11 Å². The minimum atomic E-state index is 0.0226. The Morgan fingerprint density at radius 2 is 1.64 bits per heavy atom. The second-order valence-corrected chi connectivity index (χ2v) is 3.10. The number of hydrogen-bond acceptors (Lipinski definition) is 2. The lowest BCUT2D eigenvalue weighted by Crippen LogP contribution is -2.48. The van der Waals surface area contributed by atoms with Crippen LogP contribution in [-0.2, 0) is 0 Å². The van der Waals surface area contributed by atoms with Crippen molar-refractivity contribution in [2.24, 2.45) is 0 Å². The van der Waals surface area contributed by atoms with Crippen LogP contribution in [0.1, 0.15) is 33.6 Å². The van der Waals surface area contributed by atoms with Gasteiger partial charge in [0.25, 0.3) is 0 Å². The summed E-state index contributed by atoms with van der Waals surface area (Å²) in [4.78, 5) is 2.23. The monoisotopic (exact) mass is 159 g/mol. The predicted octanol–water partition coefficient (Wildman–Crippen LogP) is 1.49. The van der Waals surface area contributed by atoms with Crippen molar-refractivity contribution in [1.29, 1.82) is 0 Å². The van der Waals surface area contributed by atoms with Crippen molar-refractivity contribution in [1.82, 2.24) is 4.90 Å². The smallest absolute Gasteiger partial charge is 0.0615 e. The zero-order valence-electron chi connectivity index (χ0n) is 8.22. The van der Waals surface area contributed by atoms with Gasteiger partial charge >= 0.3 is 0 Å². The Kier molecular flexibility index (Phi) is 4.69. The average Bonchev–Trinajstić information content (AvgIpc) is 2.08. The van der Waals surface area contributed by atoms with Crippen LogP contribution >= 0.6 is 0 Å². The van der Waals surface area contributed by atoms with Gasteiger partial charge in [-0.25, -0.2) is 0 Å². The maximum Gasteiger partial charge on any atom is 0.0615 e. The van der Waals surface area contributed by atoms with Gasteiger partial charge in [0, 0.05) is 5.54 Å². The highest BCUT2D eigenvalue weighted by atomic mass is 16.3. The van der Waals surface area contributed by atoms with E-state index in [1.54, 1.807) is 0 Å². The highest BCUT2D eigenvalue weighted by molar-refractivity contribution is 4.85. The molecular weight excluding hydrogens is 138 g/mol. The van der Waals surface area contributed by atoms with E-state index in [1.807, 2.05) is 0 Å². The molecule has 0 rings (SSSR count). The molecule has 0 heterocycles. The van der Waals surface area contributed by atoms with Crippen LogP contribution in [0.5, 0.6) is 0 Å². The molecule has 2 heteroatoms. The van der Waals surface area contributed by atoms with E-state index in [2.05, 4.69) is 32.7 Å². The Hall–Kier alpha value is -0.0800. The fourth-order valence-electron chi connectivity index (χ4n) is 1.47. The minimum absolute atomic E-state index is 0.0226. The van der Waals surface area contributed by atoms with Crippen LogP contribution in [0, 0.1) is 0 Å². The van der Waals surface area contributed by atoms with E-state index >= 15 is 0 Å². The molecular formula is C9H21NO. The molecule has 0 aliphatic rings. The van der Waals surface area contributed by atoms with E-state index < -0.39 is 0 Å². The van der Waals surface area contributed by atoms with Crippen LogP contribution in [0.25, 0.3) is 0 Å². The fraction of sp³-hybridized carbons (Fsp3) is 1.00. The van der Waals surface area contributed by atoms with Gasteiger partial charge in [-0.1, -0.05) is 20.8 Å². The van der Waals surface area contributed by atoms with Crippen molar-refractivity contribution in [3.63, 3.8) is 0 Å². The first kappa shape index (κ1) is 10.9. The van der Waals surface area contributed by atoms with E-state index in [4.69, 9.17) is 0 Å². The molecule has 0 spiro atoms. The molecule has 11 heavy (non-hydrogen) atoms. The summed E-state index contributed by atoms with van der Waals surface area (Å²) in [5.41, 5.74) is 0.0226. The molecule has 2 nitrogen and oxygen atoms in total. The number of likely N-dealkylation sites (N-methyl/N-ethyl adjacent to an activating group) is 1. The Labute approximate surface area is 70.2 Å². The zero-order valence-corrected chi connectivity index (χ0v) is 8.22. The van der Waals surface area contributed by atoms with Gasteiger partial charge in [0.1, 0.15) is 0 Å². The lowest BCUT2D eigenvalue weighted by atomic mass is 9.92. The van der Waals surface area contributed by atoms with Crippen LogP contribution in [0.4, 0.5) is 0 Å². The summed E-state index contributed by atoms with van der Waals surface area (Å²) < 4.78 is 0. The van der Waals surface area contributed by atoms with E-state index in [0.29, 0.717) is 0 Å². The van der Waals surface area contributed by atoms with Crippen molar-refractivity contribution >= 4 is 0 Å². The zero-order chi connectivity index (χ0) is 8.91. The molecule has 0 aliphatic carbocycles. The summed E-state index contributed by atoms with van der Waals surface area (Å²) in [5.74, 6) is 0. The molecule has 0 fully saturated rings. The molecule has 0 atom stereocenters. The van der Waals surface area contributed by atoms with Gasteiger partial charge in [-0.15, -0.1) is 0 Å². The van der Waals surface area contributed by atoms with Crippen LogP contribution < -0.4 is 0 Å². The Morgan fingerprint density at radius 3 is 1.73 bits per heavy atom. The first-order valence-corrected chi connectivity index (χ1v) is 4.49. The third-order valence-corrected chi connectivity index (χ3v) is 2.89. The molecule has 0 aromatic rings. The summed E-state index contributed by atoms with van der Waals surface area (Å²) in [5, 5.41) is 9.24. The van der Waals surface area contributed by atoms with E-state index in [9.17, 15) is 5.11 Å². The normalized spacial score (nSPS) is 12.5. The summed E-state index contributed by atoms with van der Waals surface area (Å²) in [6.07, 6.45) is 2.04. The van der Waals surface area contributed by atoms with Gasteiger partial charge in [-0.2, -0.15) is 0 Å². The SMILES string of the molecule is CCN(C)C(CC)(CC)CO. The standard InChI is InChI=1S/C9H21NO/c1-5-9(6-2,8-11)10(4)7-3/h11H,5-8H2,1-4H3. The lowest BCUT2D eigenvalue weighted by molar-refractivity contribution is 0.0458. The molecule has 68 valence electrons. The summed E-state index contributed by atoms with van der Waals surface area (Å²) in [6, 6.07) is 0. The molecule has 0 saturated carbocycles. The molecule has 0 amide bonds. The molecule has 0 unspecified atom stereocenters. The molecule has 0 saturated heterocycles. The number of hydrogen-bond donors (Lipinski definition) is 1. The van der Waals surface area contributed by atoms with Crippen molar-refractivity contribution in [2.75, 3.05) is 20.2 Å². The highest BCUT2D eigenvalue weighted by Crippen LogP contribution is 2.21. The third-order valence-electron chi connectivity index (χ3n) is 2.89. The fourth-order valence-corrected chi connectivity index (χ4v) is 1.47. The second-order valence-electron chi connectivity index (χ2n) is 3.10. The lowest BCUT2D eigenvalue weighted by Gasteiger charge is -2.38. The van der Waals surface area contributed by atoms with Crippen LogP contribution in [0.2, 0.25) is 0 Å². The quantitative estimate of drug-likeness (QED) is 0.657. The summed E-state index contributed by atoms with van der Waals surface area (Å²) in [6.45, 7) is 7.65. The molecule has 0 bridgehead atoms. The molecule has 0 aromatic carbocycles. The van der Waals surface area contributed by atoms with Crippen LogP contribution in [-0.4, -0.2) is 35.7 Å². The van der Waals surface area contributed by atoms with Gasteiger partial charge in [0.2, 0.25) is 0 Å². The van der Waals surface area contributed by atoms with E-state index in [-0.39, 0.29) is 12.1 Å². The molecule has 1 N–H and O–H groups in total. The first-order chi connectivity index (χ1) is 5.16. The van der Waals surface area contributed by atoms with E-state index in [1.165, 1.54) is 0 Å². The van der Waals surface area contributed by atoms with Crippen molar-refractivity contribution in [3.05, 3.63) is 0 Å². The van der Waals surface area contributed by atoms with Gasteiger partial charge < -0.3 is 5.11 Å². The Bertz CT molecular complexity index is 91.5. The van der Waals surface area contributed by atoms with Gasteiger partial charge in [-0.05, 0) is 26.4 Å². The summed E-state index contributed by atoms with van der Waals surface area (Å²) in [7, 11) is 2.07. The molecule has 0 radical (unpaired) electrons. The minimum Gasteiger partial charge on any atom is -0.394 e. The largest absolute Gasteiger partial charge is 0.394 e. The molecule has 0 aromatic heterocycles. The van der Waals surface area contributed by atoms with Gasteiger partial charge in [-0.3, -0.25) is 4.90 Å². The number of nitrogens with zero attached hydrogens (tertiary/aromatic N) is 1. The van der Waals surface area contributed by atoms with Crippen molar-refractivity contribution in [3.8, 4) is 0 Å². The number of rotatable bonds is 5. The van der Waals surface area contributed by atoms with Gasteiger partial charge in [0.15, 0.2) is 0 Å². The van der Waals surface area contributed by atoms with Crippen molar-refractivity contribution in [2.45, 2.75) is 39.2 Å². The molecule has 0 aliphatic heterocycles.